The van der Waals surface area contributed by atoms with Gasteiger partial charge in [0.05, 0.1) is 5.69 Å². The maximum absolute atomic E-state index is 4.58. The zero-order valence-electron chi connectivity index (χ0n) is 8.45. The first-order valence-corrected chi connectivity index (χ1v) is 5.58. The third-order valence-electron chi connectivity index (χ3n) is 2.05. The Kier molecular flexibility index (Phi) is 2.25. The molecule has 4 heteroatoms. The third-order valence-corrected chi connectivity index (χ3v) is 3.02. The number of hydrogen-bond donors (Lipinski definition) is 0. The van der Waals surface area contributed by atoms with Gasteiger partial charge in [0.1, 0.15) is 3.70 Å². The van der Waals surface area contributed by atoms with E-state index < -0.39 is 0 Å². The third kappa shape index (κ3) is 1.51. The second-order valence-corrected chi connectivity index (χ2v) is 5.32. The van der Waals surface area contributed by atoms with Crippen molar-refractivity contribution < 1.29 is 0 Å². The number of nitrogens with zero attached hydrogens (tertiary/aromatic N) is 3. The average Bonchev–Trinajstić information content (AvgIpc) is 2.44. The minimum absolute atomic E-state index is 0.0736. The molecule has 3 nitrogen and oxygen atoms in total. The molecule has 0 aliphatic rings. The molecule has 0 saturated carbocycles. The Balaban J connectivity index is 2.75. The summed E-state index contributed by atoms with van der Waals surface area (Å²) in [7, 11) is 0. The minimum Gasteiger partial charge on any atom is -0.230 e. The van der Waals surface area contributed by atoms with Crippen LogP contribution in [-0.4, -0.2) is 14.6 Å². The zero-order chi connectivity index (χ0) is 10.3. The summed E-state index contributed by atoms with van der Waals surface area (Å²) in [6, 6.07) is 3.88. The molecule has 2 aromatic rings. The quantitative estimate of drug-likeness (QED) is 0.700. The van der Waals surface area contributed by atoms with Crippen LogP contribution in [0.2, 0.25) is 0 Å². The molecule has 0 spiro atoms. The number of halogens is 1. The average molecular weight is 301 g/mol. The molecule has 2 rings (SSSR count). The SMILES string of the molecule is CC(C)(C)c1nc2cccnn2c1I. The van der Waals surface area contributed by atoms with Gasteiger partial charge in [-0.2, -0.15) is 5.10 Å². The molecule has 2 heterocycles. The number of imidazole rings is 1. The summed E-state index contributed by atoms with van der Waals surface area (Å²) in [6.45, 7) is 6.49. The Labute approximate surface area is 96.7 Å². The molecule has 0 aliphatic carbocycles. The minimum atomic E-state index is 0.0736. The summed E-state index contributed by atoms with van der Waals surface area (Å²) in [5.74, 6) is 0. The van der Waals surface area contributed by atoms with Crippen LogP contribution in [-0.2, 0) is 5.41 Å². The second-order valence-electron chi connectivity index (χ2n) is 4.29. The van der Waals surface area contributed by atoms with Crippen LogP contribution in [0.1, 0.15) is 26.5 Å². The van der Waals surface area contributed by atoms with E-state index in [0.29, 0.717) is 0 Å². The monoisotopic (exact) mass is 301 g/mol. The van der Waals surface area contributed by atoms with Crippen molar-refractivity contribution in [1.29, 1.82) is 0 Å². The molecule has 0 bridgehead atoms. The number of rotatable bonds is 0. The lowest BCUT2D eigenvalue weighted by atomic mass is 9.93. The molecule has 0 radical (unpaired) electrons. The standard InChI is InChI=1S/C10H12IN3/c1-10(2,3)8-9(11)14-7(13-8)5-4-6-12-14/h4-6H,1-3H3. The predicted octanol–water partition coefficient (Wildman–Crippen LogP) is 2.63. The molecular weight excluding hydrogens is 289 g/mol. The van der Waals surface area contributed by atoms with Crippen molar-refractivity contribution in [1.82, 2.24) is 14.6 Å². The highest BCUT2D eigenvalue weighted by Crippen LogP contribution is 2.26. The molecule has 0 saturated heterocycles. The van der Waals surface area contributed by atoms with Gasteiger partial charge in [-0.05, 0) is 34.7 Å². The molecular formula is C10H12IN3. The summed E-state index contributed by atoms with van der Waals surface area (Å²) < 4.78 is 2.98. The van der Waals surface area contributed by atoms with Crippen molar-refractivity contribution in [3.63, 3.8) is 0 Å². The molecule has 0 unspecified atom stereocenters. The Bertz CT molecular complexity index is 468. The van der Waals surface area contributed by atoms with E-state index in [1.54, 1.807) is 6.20 Å². The smallest absolute Gasteiger partial charge is 0.155 e. The summed E-state index contributed by atoms with van der Waals surface area (Å²) >= 11 is 2.30. The van der Waals surface area contributed by atoms with Crippen molar-refractivity contribution in [3.05, 3.63) is 27.7 Å². The zero-order valence-corrected chi connectivity index (χ0v) is 10.6. The van der Waals surface area contributed by atoms with Crippen LogP contribution in [0.3, 0.4) is 0 Å². The van der Waals surface area contributed by atoms with Crippen LogP contribution in [0, 0.1) is 3.70 Å². The van der Waals surface area contributed by atoms with Crippen LogP contribution in [0.4, 0.5) is 0 Å². The van der Waals surface area contributed by atoms with Crippen molar-refractivity contribution in [2.75, 3.05) is 0 Å². The van der Waals surface area contributed by atoms with Crippen LogP contribution < -0.4 is 0 Å². The van der Waals surface area contributed by atoms with E-state index in [4.69, 9.17) is 0 Å². The van der Waals surface area contributed by atoms with E-state index in [2.05, 4.69) is 53.4 Å². The van der Waals surface area contributed by atoms with E-state index in [9.17, 15) is 0 Å². The van der Waals surface area contributed by atoms with Crippen LogP contribution in [0.25, 0.3) is 5.65 Å². The van der Waals surface area contributed by atoms with E-state index in [-0.39, 0.29) is 5.41 Å². The maximum Gasteiger partial charge on any atom is 0.155 e. The first-order chi connectivity index (χ1) is 6.50. The van der Waals surface area contributed by atoms with Gasteiger partial charge in [0.25, 0.3) is 0 Å². The fourth-order valence-corrected chi connectivity index (χ4v) is 2.64. The van der Waals surface area contributed by atoms with Gasteiger partial charge in [-0.3, -0.25) is 0 Å². The highest BCUT2D eigenvalue weighted by molar-refractivity contribution is 14.1. The van der Waals surface area contributed by atoms with Gasteiger partial charge < -0.3 is 0 Å². The van der Waals surface area contributed by atoms with Gasteiger partial charge >= 0.3 is 0 Å². The van der Waals surface area contributed by atoms with Crippen molar-refractivity contribution >= 4 is 28.2 Å². The number of aromatic nitrogens is 3. The summed E-state index contributed by atoms with van der Waals surface area (Å²) in [4.78, 5) is 4.58. The predicted molar refractivity (Wildman–Crippen MR) is 64.4 cm³/mol. The fourth-order valence-electron chi connectivity index (χ4n) is 1.34. The van der Waals surface area contributed by atoms with Crippen LogP contribution in [0.15, 0.2) is 18.3 Å². The first-order valence-electron chi connectivity index (χ1n) is 4.50. The normalized spacial score (nSPS) is 12.3. The molecule has 0 aromatic carbocycles. The van der Waals surface area contributed by atoms with Gasteiger partial charge in [-0.25, -0.2) is 9.50 Å². The van der Waals surface area contributed by atoms with Gasteiger partial charge in [-0.1, -0.05) is 20.8 Å². The largest absolute Gasteiger partial charge is 0.230 e. The Morgan fingerprint density at radius 1 is 1.36 bits per heavy atom. The topological polar surface area (TPSA) is 30.2 Å². The molecule has 14 heavy (non-hydrogen) atoms. The van der Waals surface area contributed by atoms with Gasteiger partial charge in [-0.15, -0.1) is 0 Å². The van der Waals surface area contributed by atoms with E-state index in [1.165, 1.54) is 0 Å². The van der Waals surface area contributed by atoms with Gasteiger partial charge in [0, 0.05) is 11.6 Å². The Hall–Kier alpha value is -0.650. The molecule has 0 N–H and O–H groups in total. The van der Waals surface area contributed by atoms with Gasteiger partial charge in [0.2, 0.25) is 0 Å². The first kappa shape index (κ1) is 9.89. The lowest BCUT2D eigenvalue weighted by Crippen LogP contribution is -2.13. The Morgan fingerprint density at radius 2 is 2.07 bits per heavy atom. The van der Waals surface area contributed by atoms with E-state index >= 15 is 0 Å². The maximum atomic E-state index is 4.58. The van der Waals surface area contributed by atoms with Crippen molar-refractivity contribution in [3.8, 4) is 0 Å². The Morgan fingerprint density at radius 3 is 2.64 bits per heavy atom. The lowest BCUT2D eigenvalue weighted by molar-refractivity contribution is 0.568. The molecule has 2 aromatic heterocycles. The fraction of sp³-hybridized carbons (Fsp3) is 0.400. The number of hydrogen-bond acceptors (Lipinski definition) is 2. The molecule has 0 amide bonds. The lowest BCUT2D eigenvalue weighted by Gasteiger charge is -2.15. The highest BCUT2D eigenvalue weighted by atomic mass is 127. The van der Waals surface area contributed by atoms with Crippen LogP contribution >= 0.6 is 22.6 Å². The number of fused-ring (bicyclic) bond motifs is 1. The molecule has 0 aliphatic heterocycles. The van der Waals surface area contributed by atoms with Crippen LogP contribution in [0.5, 0.6) is 0 Å². The van der Waals surface area contributed by atoms with Gasteiger partial charge in [0.15, 0.2) is 5.65 Å². The highest BCUT2D eigenvalue weighted by Gasteiger charge is 2.22. The van der Waals surface area contributed by atoms with Crippen molar-refractivity contribution in [2.45, 2.75) is 26.2 Å². The second kappa shape index (κ2) is 3.18. The van der Waals surface area contributed by atoms with Crippen molar-refractivity contribution in [2.24, 2.45) is 0 Å². The molecule has 74 valence electrons. The van der Waals surface area contributed by atoms with E-state index in [0.717, 1.165) is 15.0 Å². The summed E-state index contributed by atoms with van der Waals surface area (Å²) in [5.41, 5.74) is 2.10. The molecule has 0 fully saturated rings. The molecule has 0 atom stereocenters. The summed E-state index contributed by atoms with van der Waals surface area (Å²) in [6.07, 6.45) is 1.78. The van der Waals surface area contributed by atoms with E-state index in [1.807, 2.05) is 16.6 Å². The summed E-state index contributed by atoms with van der Waals surface area (Å²) in [5, 5.41) is 4.26.